The number of rotatable bonds is 7. The first-order chi connectivity index (χ1) is 12.1. The van der Waals surface area contributed by atoms with Crippen molar-refractivity contribution >= 4 is 35.6 Å². The molecule has 0 unspecified atom stereocenters. The van der Waals surface area contributed by atoms with E-state index in [1.165, 1.54) is 39.5 Å². The van der Waals surface area contributed by atoms with Gasteiger partial charge in [0.15, 0.2) is 18.3 Å². The molecule has 0 aromatic carbocycles. The Morgan fingerprint density at radius 1 is 0.808 bits per heavy atom. The SMILES string of the molecule is CCS[C@H]1O[C@@H](COC(C)=O)[C@@H](OC(C)=O)[C@@H](OC(C)=O)[C@@H]1OC(C)=O. The third-order valence-corrected chi connectivity index (χ3v) is 4.32. The van der Waals surface area contributed by atoms with Gasteiger partial charge in [0.2, 0.25) is 0 Å². The molecule has 0 aromatic heterocycles. The monoisotopic (exact) mass is 392 g/mol. The summed E-state index contributed by atoms with van der Waals surface area (Å²) < 4.78 is 26.7. The van der Waals surface area contributed by atoms with Gasteiger partial charge in [0, 0.05) is 27.7 Å². The van der Waals surface area contributed by atoms with E-state index in [4.69, 9.17) is 23.7 Å². The number of carbonyl (C=O) groups is 4. The zero-order valence-electron chi connectivity index (χ0n) is 15.4. The minimum absolute atomic E-state index is 0.210. The highest BCUT2D eigenvalue weighted by molar-refractivity contribution is 7.99. The van der Waals surface area contributed by atoms with Gasteiger partial charge >= 0.3 is 23.9 Å². The quantitative estimate of drug-likeness (QED) is 0.455. The lowest BCUT2D eigenvalue weighted by molar-refractivity contribution is -0.237. The average Bonchev–Trinajstić information content (AvgIpc) is 2.50. The molecular formula is C16H24O9S. The Balaban J connectivity index is 3.22. The Bertz CT molecular complexity index is 536. The van der Waals surface area contributed by atoms with Crippen LogP contribution < -0.4 is 0 Å². The predicted octanol–water partition coefficient (Wildman–Crippen LogP) is 0.823. The van der Waals surface area contributed by atoms with E-state index < -0.39 is 53.7 Å². The first-order valence-corrected chi connectivity index (χ1v) is 9.12. The molecule has 1 fully saturated rings. The van der Waals surface area contributed by atoms with Gasteiger partial charge in [0.25, 0.3) is 0 Å². The zero-order chi connectivity index (χ0) is 19.9. The molecule has 5 atom stereocenters. The van der Waals surface area contributed by atoms with Crippen LogP contribution >= 0.6 is 11.8 Å². The fraction of sp³-hybridized carbons (Fsp3) is 0.750. The van der Waals surface area contributed by atoms with E-state index in [0.717, 1.165) is 0 Å². The second kappa shape index (κ2) is 10.4. The highest BCUT2D eigenvalue weighted by Crippen LogP contribution is 2.34. The van der Waals surface area contributed by atoms with Gasteiger partial charge in [-0.3, -0.25) is 19.2 Å². The van der Waals surface area contributed by atoms with E-state index in [-0.39, 0.29) is 6.61 Å². The Hall–Kier alpha value is -1.81. The first-order valence-electron chi connectivity index (χ1n) is 8.07. The van der Waals surface area contributed by atoms with Gasteiger partial charge < -0.3 is 23.7 Å². The van der Waals surface area contributed by atoms with E-state index in [9.17, 15) is 19.2 Å². The molecule has 0 N–H and O–H groups in total. The molecule has 10 heteroatoms. The minimum atomic E-state index is -1.10. The topological polar surface area (TPSA) is 114 Å². The number of hydrogen-bond acceptors (Lipinski definition) is 10. The molecule has 26 heavy (non-hydrogen) atoms. The fourth-order valence-corrected chi connectivity index (χ4v) is 3.44. The van der Waals surface area contributed by atoms with Crippen molar-refractivity contribution in [2.45, 2.75) is 64.5 Å². The molecule has 1 rings (SSSR count). The first kappa shape index (κ1) is 22.2. The van der Waals surface area contributed by atoms with E-state index in [0.29, 0.717) is 5.75 Å². The van der Waals surface area contributed by atoms with Gasteiger partial charge in [0.05, 0.1) is 0 Å². The lowest BCUT2D eigenvalue weighted by Gasteiger charge is -2.44. The van der Waals surface area contributed by atoms with Gasteiger partial charge in [-0.2, -0.15) is 0 Å². The molecular weight excluding hydrogens is 368 g/mol. The molecule has 0 saturated carbocycles. The van der Waals surface area contributed by atoms with Crippen LogP contribution in [0.2, 0.25) is 0 Å². The van der Waals surface area contributed by atoms with Crippen molar-refractivity contribution in [3.05, 3.63) is 0 Å². The van der Waals surface area contributed by atoms with E-state index >= 15 is 0 Å². The average molecular weight is 392 g/mol. The molecule has 148 valence electrons. The highest BCUT2D eigenvalue weighted by Gasteiger charge is 2.52. The maximum absolute atomic E-state index is 11.6. The molecule has 0 radical (unpaired) electrons. The van der Waals surface area contributed by atoms with Crippen molar-refractivity contribution in [1.29, 1.82) is 0 Å². The summed E-state index contributed by atoms with van der Waals surface area (Å²) >= 11 is 1.32. The molecule has 1 heterocycles. The Morgan fingerprint density at radius 3 is 1.77 bits per heavy atom. The summed E-state index contributed by atoms with van der Waals surface area (Å²) in [6.45, 7) is 6.48. The van der Waals surface area contributed by atoms with Crippen molar-refractivity contribution < 1.29 is 42.9 Å². The molecule has 1 saturated heterocycles. The van der Waals surface area contributed by atoms with Gasteiger partial charge in [-0.05, 0) is 5.75 Å². The second-order valence-electron chi connectivity index (χ2n) is 5.52. The largest absolute Gasteiger partial charge is 0.463 e. The Morgan fingerprint density at radius 2 is 1.31 bits per heavy atom. The van der Waals surface area contributed by atoms with E-state index in [2.05, 4.69) is 0 Å². The number of thioether (sulfide) groups is 1. The summed E-state index contributed by atoms with van der Waals surface area (Å²) in [6.07, 6.45) is -4.07. The molecule has 1 aliphatic rings. The standard InChI is InChI=1S/C16H24O9S/c1-6-26-16-15(24-11(5)20)14(23-10(4)19)13(22-9(3)18)12(25-16)7-21-8(2)17/h12-16H,6-7H2,1-5H3/t12-,13+,14+,15-,16+/m0/s1. The third-order valence-electron chi connectivity index (χ3n) is 3.28. The smallest absolute Gasteiger partial charge is 0.303 e. The van der Waals surface area contributed by atoms with Crippen molar-refractivity contribution in [2.24, 2.45) is 0 Å². The number of carbonyl (C=O) groups excluding carboxylic acids is 4. The molecule has 0 aromatic rings. The fourth-order valence-electron chi connectivity index (χ4n) is 2.49. The maximum Gasteiger partial charge on any atom is 0.303 e. The summed E-state index contributed by atoms with van der Waals surface area (Å²) in [5, 5.41) is 0. The summed E-state index contributed by atoms with van der Waals surface area (Å²) in [5.41, 5.74) is -0.694. The minimum Gasteiger partial charge on any atom is -0.463 e. The van der Waals surface area contributed by atoms with Crippen LogP contribution in [-0.2, 0) is 42.9 Å². The van der Waals surface area contributed by atoms with Crippen LogP contribution in [0.5, 0.6) is 0 Å². The highest BCUT2D eigenvalue weighted by atomic mass is 32.2. The van der Waals surface area contributed by atoms with Crippen LogP contribution in [0.15, 0.2) is 0 Å². The van der Waals surface area contributed by atoms with Crippen LogP contribution in [0.1, 0.15) is 34.6 Å². The van der Waals surface area contributed by atoms with Crippen LogP contribution in [0.3, 0.4) is 0 Å². The van der Waals surface area contributed by atoms with Gasteiger partial charge in [-0.15, -0.1) is 11.8 Å². The summed E-state index contributed by atoms with van der Waals surface area (Å²) in [5.74, 6) is -1.81. The van der Waals surface area contributed by atoms with Crippen molar-refractivity contribution in [3.8, 4) is 0 Å². The van der Waals surface area contributed by atoms with Gasteiger partial charge in [0.1, 0.15) is 18.1 Å². The summed E-state index contributed by atoms with van der Waals surface area (Å²) in [7, 11) is 0. The molecule has 0 bridgehead atoms. The molecule has 1 aliphatic heterocycles. The Labute approximate surface area is 156 Å². The van der Waals surface area contributed by atoms with Gasteiger partial charge in [-0.1, -0.05) is 6.92 Å². The molecule has 0 spiro atoms. The van der Waals surface area contributed by atoms with Crippen LogP contribution in [0.25, 0.3) is 0 Å². The predicted molar refractivity (Wildman–Crippen MR) is 90.1 cm³/mol. The zero-order valence-corrected chi connectivity index (χ0v) is 16.2. The molecule has 0 amide bonds. The Kier molecular flexibility index (Phi) is 8.86. The van der Waals surface area contributed by atoms with E-state index in [1.807, 2.05) is 6.92 Å². The number of hydrogen-bond donors (Lipinski definition) is 0. The van der Waals surface area contributed by atoms with Gasteiger partial charge in [-0.25, -0.2) is 0 Å². The van der Waals surface area contributed by atoms with Crippen LogP contribution in [-0.4, -0.2) is 66.1 Å². The summed E-state index contributed by atoms with van der Waals surface area (Å²) in [4.78, 5) is 45.8. The van der Waals surface area contributed by atoms with Crippen LogP contribution in [0, 0.1) is 0 Å². The van der Waals surface area contributed by atoms with Crippen molar-refractivity contribution in [3.63, 3.8) is 0 Å². The molecule has 0 aliphatic carbocycles. The molecule has 9 nitrogen and oxygen atoms in total. The lowest BCUT2D eigenvalue weighted by Crippen LogP contribution is -2.61. The van der Waals surface area contributed by atoms with Crippen molar-refractivity contribution in [2.75, 3.05) is 12.4 Å². The number of ether oxygens (including phenoxy) is 5. The normalized spacial score (nSPS) is 28.0. The van der Waals surface area contributed by atoms with Crippen molar-refractivity contribution in [1.82, 2.24) is 0 Å². The third kappa shape index (κ3) is 6.83. The second-order valence-corrected chi connectivity index (χ2v) is 6.90. The number of esters is 4. The lowest BCUT2D eigenvalue weighted by atomic mass is 9.99. The van der Waals surface area contributed by atoms with Crippen LogP contribution in [0.4, 0.5) is 0 Å². The summed E-state index contributed by atoms with van der Waals surface area (Å²) in [6, 6.07) is 0. The maximum atomic E-state index is 11.6. The van der Waals surface area contributed by atoms with E-state index in [1.54, 1.807) is 0 Å².